The summed E-state index contributed by atoms with van der Waals surface area (Å²) in [5.41, 5.74) is 0. The number of rotatable bonds is 6. The molecule has 0 saturated heterocycles. The lowest BCUT2D eigenvalue weighted by Gasteiger charge is -2.22. The average molecular weight is 286 g/mol. The first kappa shape index (κ1) is 16.8. The van der Waals surface area contributed by atoms with E-state index in [1.54, 1.807) is 6.92 Å². The molecule has 1 aliphatic carbocycles. The quantitative estimate of drug-likeness (QED) is 0.439. The fourth-order valence-electron chi connectivity index (χ4n) is 2.41. The SMILES string of the molecule is CC(CCCNC(=O)NC1CCCCCC1O)C(=O)O. The number of carbonyl (C=O) groups excluding carboxylic acids is 1. The van der Waals surface area contributed by atoms with Crippen LogP contribution in [0.25, 0.3) is 0 Å². The maximum Gasteiger partial charge on any atom is 0.315 e. The first-order valence-electron chi connectivity index (χ1n) is 7.46. The topological polar surface area (TPSA) is 98.7 Å². The van der Waals surface area contributed by atoms with Gasteiger partial charge in [-0.05, 0) is 25.7 Å². The van der Waals surface area contributed by atoms with Crippen LogP contribution >= 0.6 is 0 Å². The third kappa shape index (κ3) is 6.23. The summed E-state index contributed by atoms with van der Waals surface area (Å²) in [7, 11) is 0. The van der Waals surface area contributed by atoms with Crippen LogP contribution in [0.3, 0.4) is 0 Å². The number of carboxylic acids is 1. The zero-order chi connectivity index (χ0) is 15.0. The van der Waals surface area contributed by atoms with Crippen LogP contribution in [0.4, 0.5) is 4.79 Å². The minimum absolute atomic E-state index is 0.171. The molecular weight excluding hydrogens is 260 g/mol. The van der Waals surface area contributed by atoms with Crippen LogP contribution in [0.1, 0.15) is 51.9 Å². The average Bonchev–Trinajstić information content (AvgIpc) is 2.60. The summed E-state index contributed by atoms with van der Waals surface area (Å²) in [6.45, 7) is 2.11. The van der Waals surface area contributed by atoms with Crippen LogP contribution in [-0.2, 0) is 4.79 Å². The van der Waals surface area contributed by atoms with Crippen LogP contribution in [0.5, 0.6) is 0 Å². The maximum absolute atomic E-state index is 11.7. The Morgan fingerprint density at radius 3 is 2.65 bits per heavy atom. The molecule has 1 saturated carbocycles. The van der Waals surface area contributed by atoms with E-state index in [2.05, 4.69) is 10.6 Å². The molecule has 116 valence electrons. The Morgan fingerprint density at radius 1 is 1.25 bits per heavy atom. The molecule has 6 nitrogen and oxygen atoms in total. The highest BCUT2D eigenvalue weighted by Gasteiger charge is 2.22. The van der Waals surface area contributed by atoms with E-state index in [4.69, 9.17) is 5.11 Å². The summed E-state index contributed by atoms with van der Waals surface area (Å²) in [4.78, 5) is 22.3. The number of hydrogen-bond donors (Lipinski definition) is 4. The Hall–Kier alpha value is -1.30. The number of aliphatic hydroxyl groups excluding tert-OH is 1. The molecule has 0 aromatic heterocycles. The van der Waals surface area contributed by atoms with Gasteiger partial charge in [-0.3, -0.25) is 4.79 Å². The summed E-state index contributed by atoms with van der Waals surface area (Å²) in [6, 6.07) is -0.450. The van der Waals surface area contributed by atoms with Gasteiger partial charge in [0, 0.05) is 6.54 Å². The molecule has 3 atom stereocenters. The summed E-state index contributed by atoms with van der Waals surface area (Å²) >= 11 is 0. The number of carboxylic acid groups (broad SMARTS) is 1. The monoisotopic (exact) mass is 286 g/mol. The molecular formula is C14H26N2O4. The van der Waals surface area contributed by atoms with E-state index in [1.807, 2.05) is 0 Å². The Morgan fingerprint density at radius 2 is 1.95 bits per heavy atom. The summed E-state index contributed by atoms with van der Waals surface area (Å²) in [6.07, 6.45) is 5.40. The minimum atomic E-state index is -0.809. The molecule has 20 heavy (non-hydrogen) atoms. The minimum Gasteiger partial charge on any atom is -0.481 e. The number of amides is 2. The highest BCUT2D eigenvalue weighted by Crippen LogP contribution is 2.17. The van der Waals surface area contributed by atoms with E-state index in [9.17, 15) is 14.7 Å². The standard InChI is InChI=1S/C14H26N2O4/c1-10(13(18)19)6-5-9-15-14(20)16-11-7-3-2-4-8-12(11)17/h10-12,17H,2-9H2,1H3,(H,18,19)(H2,15,16,20). The van der Waals surface area contributed by atoms with E-state index in [-0.39, 0.29) is 18.0 Å². The third-order valence-corrected chi connectivity index (χ3v) is 3.82. The fourth-order valence-corrected chi connectivity index (χ4v) is 2.41. The van der Waals surface area contributed by atoms with Crippen molar-refractivity contribution < 1.29 is 19.8 Å². The number of carbonyl (C=O) groups is 2. The third-order valence-electron chi connectivity index (χ3n) is 3.82. The second-order valence-corrected chi connectivity index (χ2v) is 5.59. The molecule has 0 heterocycles. The fraction of sp³-hybridized carbons (Fsp3) is 0.857. The Bertz CT molecular complexity index is 322. The predicted molar refractivity (Wildman–Crippen MR) is 75.4 cm³/mol. The Labute approximate surface area is 119 Å². The molecule has 2 amide bonds. The van der Waals surface area contributed by atoms with Gasteiger partial charge in [-0.2, -0.15) is 0 Å². The Balaban J connectivity index is 2.17. The number of nitrogens with one attached hydrogen (secondary N) is 2. The van der Waals surface area contributed by atoms with Crippen molar-refractivity contribution in [1.29, 1.82) is 0 Å². The lowest BCUT2D eigenvalue weighted by molar-refractivity contribution is -0.141. The normalized spacial score (nSPS) is 24.5. The predicted octanol–water partition coefficient (Wildman–Crippen LogP) is 1.48. The van der Waals surface area contributed by atoms with Gasteiger partial charge in [0.05, 0.1) is 18.1 Å². The van der Waals surface area contributed by atoms with E-state index in [1.165, 1.54) is 0 Å². The highest BCUT2D eigenvalue weighted by molar-refractivity contribution is 5.74. The van der Waals surface area contributed by atoms with Gasteiger partial charge < -0.3 is 20.8 Å². The van der Waals surface area contributed by atoms with Crippen LogP contribution in [0, 0.1) is 5.92 Å². The van der Waals surface area contributed by atoms with Crippen molar-refractivity contribution in [3.63, 3.8) is 0 Å². The van der Waals surface area contributed by atoms with Crippen LogP contribution in [0.15, 0.2) is 0 Å². The number of urea groups is 1. The van der Waals surface area contributed by atoms with Gasteiger partial charge >= 0.3 is 12.0 Å². The smallest absolute Gasteiger partial charge is 0.315 e. The zero-order valence-electron chi connectivity index (χ0n) is 12.1. The number of aliphatic carboxylic acids is 1. The highest BCUT2D eigenvalue weighted by atomic mass is 16.4. The molecule has 0 radical (unpaired) electrons. The van der Waals surface area contributed by atoms with Gasteiger partial charge in [-0.25, -0.2) is 4.79 Å². The van der Waals surface area contributed by atoms with E-state index in [0.29, 0.717) is 19.4 Å². The second-order valence-electron chi connectivity index (χ2n) is 5.59. The lowest BCUT2D eigenvalue weighted by Crippen LogP contribution is -2.47. The summed E-state index contributed by atoms with van der Waals surface area (Å²) in [5, 5.41) is 24.1. The molecule has 0 aromatic rings. The van der Waals surface area contributed by atoms with Gasteiger partial charge in [0.1, 0.15) is 0 Å². The summed E-state index contributed by atoms with van der Waals surface area (Å²) in [5.74, 6) is -1.19. The molecule has 3 unspecified atom stereocenters. The molecule has 1 aliphatic rings. The van der Waals surface area contributed by atoms with Crippen LogP contribution in [0.2, 0.25) is 0 Å². The zero-order valence-corrected chi connectivity index (χ0v) is 12.1. The first-order valence-corrected chi connectivity index (χ1v) is 7.46. The van der Waals surface area contributed by atoms with Gasteiger partial charge in [0.15, 0.2) is 0 Å². The van der Waals surface area contributed by atoms with Crippen molar-refractivity contribution in [2.45, 2.75) is 64.0 Å². The molecule has 1 fully saturated rings. The largest absolute Gasteiger partial charge is 0.481 e. The van der Waals surface area contributed by atoms with Crippen molar-refractivity contribution in [2.24, 2.45) is 5.92 Å². The number of hydrogen-bond acceptors (Lipinski definition) is 3. The van der Waals surface area contributed by atoms with E-state index < -0.39 is 12.1 Å². The van der Waals surface area contributed by atoms with Gasteiger partial charge in [0.25, 0.3) is 0 Å². The van der Waals surface area contributed by atoms with E-state index >= 15 is 0 Å². The lowest BCUT2D eigenvalue weighted by atomic mass is 10.1. The summed E-state index contributed by atoms with van der Waals surface area (Å²) < 4.78 is 0. The maximum atomic E-state index is 11.7. The van der Waals surface area contributed by atoms with Crippen molar-refractivity contribution >= 4 is 12.0 Å². The Kier molecular flexibility index (Phi) is 7.36. The molecule has 4 N–H and O–H groups in total. The van der Waals surface area contributed by atoms with Crippen molar-refractivity contribution in [3.05, 3.63) is 0 Å². The molecule has 0 spiro atoms. The molecule has 6 heteroatoms. The van der Waals surface area contributed by atoms with Crippen molar-refractivity contribution in [2.75, 3.05) is 6.54 Å². The van der Waals surface area contributed by atoms with Crippen molar-refractivity contribution in [3.8, 4) is 0 Å². The molecule has 0 aromatic carbocycles. The van der Waals surface area contributed by atoms with Crippen molar-refractivity contribution in [1.82, 2.24) is 10.6 Å². The van der Waals surface area contributed by atoms with Gasteiger partial charge in [-0.1, -0.05) is 26.2 Å². The second kappa shape index (κ2) is 8.79. The number of aliphatic hydroxyl groups is 1. The first-order chi connectivity index (χ1) is 9.50. The van der Waals surface area contributed by atoms with Gasteiger partial charge in [0.2, 0.25) is 0 Å². The van der Waals surface area contributed by atoms with E-state index in [0.717, 1.165) is 32.1 Å². The van der Waals surface area contributed by atoms with Crippen LogP contribution < -0.4 is 10.6 Å². The van der Waals surface area contributed by atoms with Crippen LogP contribution in [-0.4, -0.2) is 40.9 Å². The molecule has 0 bridgehead atoms. The van der Waals surface area contributed by atoms with Gasteiger partial charge in [-0.15, -0.1) is 0 Å². The molecule has 0 aliphatic heterocycles. The molecule has 1 rings (SSSR count).